The highest BCUT2D eigenvalue weighted by Gasteiger charge is 2.31. The first-order valence-corrected chi connectivity index (χ1v) is 11.7. The van der Waals surface area contributed by atoms with Crippen molar-refractivity contribution in [2.45, 2.75) is 45.3 Å². The molecule has 1 unspecified atom stereocenters. The molecule has 6 heteroatoms. The minimum absolute atomic E-state index is 0.0641. The van der Waals surface area contributed by atoms with Gasteiger partial charge in [-0.25, -0.2) is 0 Å². The van der Waals surface area contributed by atoms with Crippen LogP contribution in [0.15, 0.2) is 78.9 Å². The fourth-order valence-corrected chi connectivity index (χ4v) is 4.18. The molecule has 0 spiro atoms. The van der Waals surface area contributed by atoms with Crippen molar-refractivity contribution in [2.24, 2.45) is 0 Å². The average molecular weight is 483 g/mol. The first-order valence-electron chi connectivity index (χ1n) is 11.0. The predicted octanol–water partition coefficient (Wildman–Crippen LogP) is 5.70. The van der Waals surface area contributed by atoms with Crippen LogP contribution in [0.1, 0.15) is 30.5 Å². The molecule has 3 rings (SSSR count). The van der Waals surface area contributed by atoms with Gasteiger partial charge in [0, 0.05) is 34.6 Å². The third-order valence-electron chi connectivity index (χ3n) is 5.29. The molecule has 1 N–H and O–H groups in total. The second-order valence-corrected chi connectivity index (χ2v) is 9.07. The average Bonchev–Trinajstić information content (AvgIpc) is 2.78. The van der Waals surface area contributed by atoms with Gasteiger partial charge >= 0.3 is 0 Å². The van der Waals surface area contributed by atoms with Gasteiger partial charge in [-0.2, -0.15) is 0 Å². The number of nitrogens with one attached hydrogen (secondary N) is 1. The molecular weight excluding hydrogens is 455 g/mol. The van der Waals surface area contributed by atoms with Gasteiger partial charge in [-0.15, -0.1) is 0 Å². The zero-order chi connectivity index (χ0) is 23.8. The molecule has 0 aromatic heterocycles. The minimum Gasteiger partial charge on any atom is -0.352 e. The number of amides is 2. The van der Waals surface area contributed by atoms with E-state index < -0.39 is 6.04 Å². The third kappa shape index (κ3) is 7.08. The van der Waals surface area contributed by atoms with Crippen molar-refractivity contribution in [3.8, 4) is 0 Å². The topological polar surface area (TPSA) is 49.4 Å². The minimum atomic E-state index is -0.724. The molecule has 0 aliphatic carbocycles. The summed E-state index contributed by atoms with van der Waals surface area (Å²) in [6.07, 6.45) is 0.547. The van der Waals surface area contributed by atoms with Gasteiger partial charge in [-0.3, -0.25) is 9.59 Å². The summed E-state index contributed by atoms with van der Waals surface area (Å²) in [6.45, 7) is 3.93. The molecule has 0 aliphatic heterocycles. The fraction of sp³-hybridized carbons (Fsp3) is 0.259. The molecule has 0 saturated heterocycles. The first kappa shape index (κ1) is 24.8. The van der Waals surface area contributed by atoms with Crippen molar-refractivity contribution in [1.82, 2.24) is 10.2 Å². The smallest absolute Gasteiger partial charge is 0.243 e. The molecule has 172 valence electrons. The summed E-state index contributed by atoms with van der Waals surface area (Å²) >= 11 is 12.9. The van der Waals surface area contributed by atoms with Crippen molar-refractivity contribution in [2.75, 3.05) is 0 Å². The van der Waals surface area contributed by atoms with Crippen LogP contribution in [-0.2, 0) is 29.0 Å². The van der Waals surface area contributed by atoms with E-state index in [1.54, 1.807) is 23.1 Å². The van der Waals surface area contributed by atoms with Gasteiger partial charge in [-0.05, 0) is 37.1 Å². The Balaban J connectivity index is 2.01. The standard InChI is InChI=1S/C27H28Cl2N2O2/c1-19(2)30-27(33)25(16-20-10-5-3-6-11-20)31(18-22-23(28)14-9-15-24(22)29)26(32)17-21-12-7-4-8-13-21/h3-15,19,25H,16-18H2,1-2H3,(H,30,33). The Morgan fingerprint density at radius 1 is 0.818 bits per heavy atom. The lowest BCUT2D eigenvalue weighted by molar-refractivity contribution is -0.141. The van der Waals surface area contributed by atoms with Crippen molar-refractivity contribution in [1.29, 1.82) is 0 Å². The summed E-state index contributed by atoms with van der Waals surface area (Å²) < 4.78 is 0. The SMILES string of the molecule is CC(C)NC(=O)C(Cc1ccccc1)N(Cc1c(Cl)cccc1Cl)C(=O)Cc1ccccc1. The largest absolute Gasteiger partial charge is 0.352 e. The Kier molecular flexibility index (Phi) is 8.93. The monoisotopic (exact) mass is 482 g/mol. The number of hydrogen-bond acceptors (Lipinski definition) is 2. The van der Waals surface area contributed by atoms with Crippen LogP contribution in [-0.4, -0.2) is 28.8 Å². The highest BCUT2D eigenvalue weighted by Crippen LogP contribution is 2.27. The summed E-state index contributed by atoms with van der Waals surface area (Å²) in [5.74, 6) is -0.379. The molecule has 0 radical (unpaired) electrons. The maximum absolute atomic E-state index is 13.6. The predicted molar refractivity (Wildman–Crippen MR) is 134 cm³/mol. The summed E-state index contributed by atoms with van der Waals surface area (Å²) in [6, 6.07) is 23.6. The van der Waals surface area contributed by atoms with E-state index in [9.17, 15) is 9.59 Å². The lowest BCUT2D eigenvalue weighted by Crippen LogP contribution is -2.52. The van der Waals surface area contributed by atoms with Gasteiger partial charge in [0.2, 0.25) is 11.8 Å². The van der Waals surface area contributed by atoms with Gasteiger partial charge in [0.25, 0.3) is 0 Å². The Hall–Kier alpha value is -2.82. The quantitative estimate of drug-likeness (QED) is 0.425. The van der Waals surface area contributed by atoms with Crippen LogP contribution >= 0.6 is 23.2 Å². The Morgan fingerprint density at radius 2 is 1.36 bits per heavy atom. The molecular formula is C27H28Cl2N2O2. The number of benzene rings is 3. The Morgan fingerprint density at radius 3 is 1.91 bits per heavy atom. The van der Waals surface area contributed by atoms with Crippen LogP contribution in [0.2, 0.25) is 10.0 Å². The van der Waals surface area contributed by atoms with Gasteiger partial charge in [-0.1, -0.05) is 89.9 Å². The molecule has 0 bridgehead atoms. The third-order valence-corrected chi connectivity index (χ3v) is 6.00. The molecule has 0 saturated carbocycles. The van der Waals surface area contributed by atoms with Crippen molar-refractivity contribution < 1.29 is 9.59 Å². The zero-order valence-corrected chi connectivity index (χ0v) is 20.3. The first-order chi connectivity index (χ1) is 15.8. The second kappa shape index (κ2) is 11.9. The highest BCUT2D eigenvalue weighted by molar-refractivity contribution is 6.36. The van der Waals surface area contributed by atoms with Crippen molar-refractivity contribution in [3.05, 3.63) is 106 Å². The molecule has 0 aliphatic rings. The van der Waals surface area contributed by atoms with Gasteiger partial charge in [0.05, 0.1) is 6.42 Å². The Bertz CT molecular complexity index is 1050. The lowest BCUT2D eigenvalue weighted by Gasteiger charge is -2.32. The molecule has 1 atom stereocenters. The normalized spacial score (nSPS) is 11.8. The lowest BCUT2D eigenvalue weighted by atomic mass is 10.0. The number of carbonyl (C=O) groups is 2. The molecule has 3 aromatic rings. The van der Waals surface area contributed by atoms with Gasteiger partial charge in [0.1, 0.15) is 6.04 Å². The summed E-state index contributed by atoms with van der Waals surface area (Å²) in [5, 5.41) is 3.90. The molecule has 2 amide bonds. The van der Waals surface area contributed by atoms with Crippen LogP contribution in [0.3, 0.4) is 0 Å². The highest BCUT2D eigenvalue weighted by atomic mass is 35.5. The van der Waals surface area contributed by atoms with E-state index in [0.29, 0.717) is 22.0 Å². The molecule has 33 heavy (non-hydrogen) atoms. The number of hydrogen-bond donors (Lipinski definition) is 1. The van der Waals surface area contributed by atoms with Crippen LogP contribution in [0.4, 0.5) is 0 Å². The van der Waals surface area contributed by atoms with Crippen LogP contribution in [0.5, 0.6) is 0 Å². The number of nitrogens with zero attached hydrogens (tertiary/aromatic N) is 1. The Labute approximate surface area is 205 Å². The number of rotatable bonds is 9. The summed E-state index contributed by atoms with van der Waals surface area (Å²) in [7, 11) is 0. The molecule has 0 heterocycles. The number of halogens is 2. The van der Waals surface area contributed by atoms with Crippen molar-refractivity contribution in [3.63, 3.8) is 0 Å². The van der Waals surface area contributed by atoms with E-state index in [0.717, 1.165) is 11.1 Å². The van der Waals surface area contributed by atoms with E-state index in [2.05, 4.69) is 5.32 Å². The fourth-order valence-electron chi connectivity index (χ4n) is 3.66. The van der Waals surface area contributed by atoms with E-state index in [1.165, 1.54) is 0 Å². The zero-order valence-electron chi connectivity index (χ0n) is 18.8. The number of carbonyl (C=O) groups excluding carboxylic acids is 2. The molecule has 0 fully saturated rings. The molecule has 3 aromatic carbocycles. The summed E-state index contributed by atoms with van der Waals surface area (Å²) in [5.41, 5.74) is 2.46. The van der Waals surface area contributed by atoms with Crippen molar-refractivity contribution >= 4 is 35.0 Å². The van der Waals surface area contributed by atoms with Crippen LogP contribution in [0.25, 0.3) is 0 Å². The van der Waals surface area contributed by atoms with Gasteiger partial charge in [0.15, 0.2) is 0 Å². The second-order valence-electron chi connectivity index (χ2n) is 8.25. The van der Waals surface area contributed by atoms with Crippen LogP contribution < -0.4 is 5.32 Å². The van der Waals surface area contributed by atoms with E-state index in [4.69, 9.17) is 23.2 Å². The maximum atomic E-state index is 13.6. The van der Waals surface area contributed by atoms with E-state index >= 15 is 0 Å². The van der Waals surface area contributed by atoms with E-state index in [-0.39, 0.29) is 30.8 Å². The van der Waals surface area contributed by atoms with Crippen LogP contribution in [0, 0.1) is 0 Å². The maximum Gasteiger partial charge on any atom is 0.243 e. The van der Waals surface area contributed by atoms with Gasteiger partial charge < -0.3 is 10.2 Å². The van der Waals surface area contributed by atoms with E-state index in [1.807, 2.05) is 74.5 Å². The molecule has 4 nitrogen and oxygen atoms in total. The summed E-state index contributed by atoms with van der Waals surface area (Å²) in [4.78, 5) is 28.6.